The van der Waals surface area contributed by atoms with Gasteiger partial charge in [-0.25, -0.2) is 9.37 Å². The van der Waals surface area contributed by atoms with Crippen molar-refractivity contribution in [3.8, 4) is 0 Å². The first-order valence-corrected chi connectivity index (χ1v) is 14.1. The van der Waals surface area contributed by atoms with Gasteiger partial charge in [-0.1, -0.05) is 97.1 Å². The molecule has 0 saturated heterocycles. The van der Waals surface area contributed by atoms with Gasteiger partial charge in [0, 0.05) is 24.0 Å². The molecule has 1 N–H and O–H groups in total. The maximum atomic E-state index is 14.5. The van der Waals surface area contributed by atoms with E-state index < -0.39 is 17.6 Å². The van der Waals surface area contributed by atoms with Gasteiger partial charge in [0.05, 0.1) is 18.2 Å². The van der Waals surface area contributed by atoms with E-state index in [2.05, 4.69) is 10.3 Å². The molecule has 0 bridgehead atoms. The first kappa shape index (κ1) is 29.2. The van der Waals surface area contributed by atoms with E-state index in [0.717, 1.165) is 23.3 Å². The predicted molar refractivity (Wildman–Crippen MR) is 155 cm³/mol. The molecule has 4 aromatic carbocycles. The van der Waals surface area contributed by atoms with E-state index in [0.29, 0.717) is 16.1 Å². The second kappa shape index (κ2) is 13.1. The zero-order chi connectivity index (χ0) is 29.5. The molecular weight excluding hydrogens is 562 g/mol. The van der Waals surface area contributed by atoms with Crippen molar-refractivity contribution in [1.29, 1.82) is 0 Å². The Morgan fingerprint density at radius 3 is 2.10 bits per heavy atom. The normalized spacial score (nSPS) is 11.7. The molecule has 42 heavy (non-hydrogen) atoms. The van der Waals surface area contributed by atoms with Crippen molar-refractivity contribution in [2.45, 2.75) is 31.9 Å². The Balaban J connectivity index is 1.36. The molecule has 1 aromatic heterocycles. The lowest BCUT2D eigenvalue weighted by Gasteiger charge is -2.22. The fourth-order valence-corrected chi connectivity index (χ4v) is 5.49. The van der Waals surface area contributed by atoms with Crippen molar-refractivity contribution in [3.05, 3.63) is 159 Å². The number of benzene rings is 4. The van der Waals surface area contributed by atoms with Crippen LogP contribution < -0.4 is 5.32 Å². The van der Waals surface area contributed by atoms with E-state index in [1.807, 2.05) is 65.6 Å². The number of amides is 1. The Labute approximate surface area is 245 Å². The van der Waals surface area contributed by atoms with Crippen LogP contribution >= 0.6 is 11.3 Å². The summed E-state index contributed by atoms with van der Waals surface area (Å²) >= 11 is 1.27. The summed E-state index contributed by atoms with van der Waals surface area (Å²) in [6, 6.07) is 30.2. The summed E-state index contributed by atoms with van der Waals surface area (Å²) in [4.78, 5) is 19.7. The van der Waals surface area contributed by atoms with Gasteiger partial charge in [0.25, 0.3) is 5.91 Å². The number of halogens is 4. The van der Waals surface area contributed by atoms with Crippen molar-refractivity contribution >= 4 is 17.2 Å². The van der Waals surface area contributed by atoms with Crippen LogP contribution in [-0.2, 0) is 25.8 Å². The quantitative estimate of drug-likeness (QED) is 0.168. The fourth-order valence-electron chi connectivity index (χ4n) is 4.67. The van der Waals surface area contributed by atoms with Crippen LogP contribution in [-0.4, -0.2) is 15.8 Å². The summed E-state index contributed by atoms with van der Waals surface area (Å²) in [5.74, 6) is -0.757. The van der Waals surface area contributed by atoms with Gasteiger partial charge in [-0.2, -0.15) is 13.2 Å². The van der Waals surface area contributed by atoms with E-state index in [1.54, 1.807) is 29.6 Å². The molecule has 9 heteroatoms. The Hall–Kier alpha value is -4.34. The molecule has 4 nitrogen and oxygen atoms in total. The Morgan fingerprint density at radius 2 is 1.45 bits per heavy atom. The lowest BCUT2D eigenvalue weighted by molar-refractivity contribution is -0.137. The highest BCUT2D eigenvalue weighted by Crippen LogP contribution is 2.30. The Morgan fingerprint density at radius 1 is 0.810 bits per heavy atom. The molecule has 0 fully saturated rings. The maximum Gasteiger partial charge on any atom is 0.416 e. The SMILES string of the molecule is O=C(NC(c1ccccc1)c1ccccc1)c1csc(CN(Cc2cccc(C(F)(F)F)c2)Cc2ccccc2F)n1. The number of rotatable bonds is 10. The summed E-state index contributed by atoms with van der Waals surface area (Å²) in [7, 11) is 0. The van der Waals surface area contributed by atoms with Gasteiger partial charge < -0.3 is 5.32 Å². The van der Waals surface area contributed by atoms with E-state index in [4.69, 9.17) is 0 Å². The molecule has 0 aliphatic rings. The fraction of sp³-hybridized carbons (Fsp3) is 0.152. The second-order valence-electron chi connectivity index (χ2n) is 9.79. The topological polar surface area (TPSA) is 45.2 Å². The standard InChI is InChI=1S/C33H27F4N3OS/c34-28-17-8-7-15-26(28)20-40(19-23-10-9-16-27(18-23)33(35,36)37)21-30-38-29(22-42-30)32(41)39-31(24-11-3-1-4-12-24)25-13-5-2-6-14-25/h1-18,22,31H,19-21H2,(H,39,41). The molecule has 1 amide bonds. The first-order chi connectivity index (χ1) is 20.3. The number of thiazole rings is 1. The van der Waals surface area contributed by atoms with Crippen molar-refractivity contribution in [2.24, 2.45) is 0 Å². The molecule has 0 unspecified atom stereocenters. The zero-order valence-corrected chi connectivity index (χ0v) is 23.2. The van der Waals surface area contributed by atoms with Crippen LogP contribution in [0, 0.1) is 5.82 Å². The average molecular weight is 590 g/mol. The van der Waals surface area contributed by atoms with Crippen LogP contribution in [0.4, 0.5) is 17.6 Å². The molecule has 0 saturated carbocycles. The third-order valence-corrected chi connectivity index (χ3v) is 7.53. The molecule has 0 aliphatic carbocycles. The minimum atomic E-state index is -4.47. The molecule has 5 aromatic rings. The van der Waals surface area contributed by atoms with Crippen molar-refractivity contribution < 1.29 is 22.4 Å². The number of carbonyl (C=O) groups is 1. The highest BCUT2D eigenvalue weighted by Gasteiger charge is 2.30. The van der Waals surface area contributed by atoms with Gasteiger partial charge in [-0.05, 0) is 28.8 Å². The smallest absolute Gasteiger partial charge is 0.340 e. The number of alkyl halides is 3. The molecule has 1 heterocycles. The van der Waals surface area contributed by atoms with Gasteiger partial charge in [-0.3, -0.25) is 9.69 Å². The highest BCUT2D eigenvalue weighted by atomic mass is 32.1. The summed E-state index contributed by atoms with van der Waals surface area (Å²) in [5.41, 5.74) is 2.17. The minimum Gasteiger partial charge on any atom is -0.340 e. The minimum absolute atomic E-state index is 0.128. The number of hydrogen-bond donors (Lipinski definition) is 1. The molecule has 0 atom stereocenters. The van der Waals surface area contributed by atoms with E-state index in [-0.39, 0.29) is 37.3 Å². The number of hydrogen-bond acceptors (Lipinski definition) is 4. The predicted octanol–water partition coefficient (Wildman–Crippen LogP) is 8.02. The molecule has 5 rings (SSSR count). The average Bonchev–Trinajstić information content (AvgIpc) is 3.46. The molecular formula is C33H27F4N3OS. The summed E-state index contributed by atoms with van der Waals surface area (Å²) < 4.78 is 54.5. The van der Waals surface area contributed by atoms with Gasteiger partial charge in [-0.15, -0.1) is 11.3 Å². The molecule has 214 valence electrons. The van der Waals surface area contributed by atoms with Gasteiger partial charge in [0.15, 0.2) is 0 Å². The van der Waals surface area contributed by atoms with E-state index in [9.17, 15) is 22.4 Å². The second-order valence-corrected chi connectivity index (χ2v) is 10.7. The summed E-state index contributed by atoms with van der Waals surface area (Å²) in [6.07, 6.45) is -4.47. The van der Waals surface area contributed by atoms with Crippen LogP contribution in [0.25, 0.3) is 0 Å². The van der Waals surface area contributed by atoms with Crippen LogP contribution in [0.15, 0.2) is 115 Å². The van der Waals surface area contributed by atoms with Gasteiger partial charge >= 0.3 is 6.18 Å². The highest BCUT2D eigenvalue weighted by molar-refractivity contribution is 7.09. The van der Waals surface area contributed by atoms with Crippen LogP contribution in [0.2, 0.25) is 0 Å². The van der Waals surface area contributed by atoms with Crippen LogP contribution in [0.5, 0.6) is 0 Å². The summed E-state index contributed by atoms with van der Waals surface area (Å²) in [6.45, 7) is 0.487. The van der Waals surface area contributed by atoms with Crippen LogP contribution in [0.3, 0.4) is 0 Å². The summed E-state index contributed by atoms with van der Waals surface area (Å²) in [5, 5.41) is 5.31. The molecule has 0 aliphatic heterocycles. The third kappa shape index (κ3) is 7.48. The third-order valence-electron chi connectivity index (χ3n) is 6.70. The monoisotopic (exact) mass is 589 g/mol. The van der Waals surface area contributed by atoms with Crippen molar-refractivity contribution in [2.75, 3.05) is 0 Å². The number of nitrogens with one attached hydrogen (secondary N) is 1. The maximum absolute atomic E-state index is 14.5. The largest absolute Gasteiger partial charge is 0.416 e. The molecule has 0 spiro atoms. The van der Waals surface area contributed by atoms with Crippen molar-refractivity contribution in [3.63, 3.8) is 0 Å². The Kier molecular flexibility index (Phi) is 9.09. The van der Waals surface area contributed by atoms with Crippen molar-refractivity contribution in [1.82, 2.24) is 15.2 Å². The Bertz CT molecular complexity index is 1580. The lowest BCUT2D eigenvalue weighted by Crippen LogP contribution is -2.29. The zero-order valence-electron chi connectivity index (χ0n) is 22.4. The number of nitrogens with zero attached hydrogens (tertiary/aromatic N) is 2. The molecule has 0 radical (unpaired) electrons. The van der Waals surface area contributed by atoms with Gasteiger partial charge in [0.2, 0.25) is 0 Å². The van der Waals surface area contributed by atoms with Gasteiger partial charge in [0.1, 0.15) is 16.5 Å². The first-order valence-electron chi connectivity index (χ1n) is 13.2. The van der Waals surface area contributed by atoms with E-state index >= 15 is 0 Å². The lowest BCUT2D eigenvalue weighted by atomic mass is 9.98. The van der Waals surface area contributed by atoms with Crippen LogP contribution in [0.1, 0.15) is 49.4 Å². The number of aromatic nitrogens is 1. The van der Waals surface area contributed by atoms with E-state index in [1.165, 1.54) is 23.5 Å². The number of carbonyl (C=O) groups excluding carboxylic acids is 1.